The van der Waals surface area contributed by atoms with Gasteiger partial charge in [-0.3, -0.25) is 9.48 Å². The van der Waals surface area contributed by atoms with Crippen molar-refractivity contribution in [1.29, 1.82) is 5.26 Å². The summed E-state index contributed by atoms with van der Waals surface area (Å²) in [5.41, 5.74) is 2.91. The summed E-state index contributed by atoms with van der Waals surface area (Å²) in [5.74, 6) is 0.722. The lowest BCUT2D eigenvalue weighted by molar-refractivity contribution is 0.104. The van der Waals surface area contributed by atoms with Gasteiger partial charge in [0.1, 0.15) is 22.5 Å². The first-order valence-corrected chi connectivity index (χ1v) is 12.2. The first-order chi connectivity index (χ1) is 17.9. The molecular formula is C28H22F2N4O2S. The Bertz CT molecular complexity index is 1490. The third-order valence-corrected chi connectivity index (χ3v) is 6.54. The SMILES string of the molecule is COc1ccc(/C=C/C(=O)c2cnn(C)c2)cc1CSc1nc(C(F)F)cc(-c2ccccc2)c1C#N. The first-order valence-electron chi connectivity index (χ1n) is 11.2. The number of benzene rings is 2. The molecule has 0 saturated carbocycles. The van der Waals surface area contributed by atoms with E-state index in [4.69, 9.17) is 4.74 Å². The number of aromatic nitrogens is 3. The smallest absolute Gasteiger partial charge is 0.280 e. The highest BCUT2D eigenvalue weighted by Gasteiger charge is 2.19. The Kier molecular flexibility index (Phi) is 8.11. The molecule has 0 saturated heterocycles. The largest absolute Gasteiger partial charge is 0.496 e. The predicted molar refractivity (Wildman–Crippen MR) is 138 cm³/mol. The van der Waals surface area contributed by atoms with E-state index < -0.39 is 12.1 Å². The number of hydrogen-bond donors (Lipinski definition) is 0. The standard InChI is InChI=1S/C28H22F2N4O2S/c1-34-16-21(15-32-34)25(35)10-8-18-9-11-26(36-2)20(12-18)17-37-28-23(14-31)22(13-24(33-28)27(29)30)19-6-4-3-5-7-19/h3-13,15-16,27H,17H2,1-2H3/b10-8+. The molecule has 0 bridgehead atoms. The fraction of sp³-hybridized carbons (Fsp3) is 0.143. The number of allylic oxidation sites excluding steroid dienone is 1. The van der Waals surface area contributed by atoms with Crippen molar-refractivity contribution in [3.63, 3.8) is 0 Å². The van der Waals surface area contributed by atoms with Gasteiger partial charge in [0.2, 0.25) is 0 Å². The van der Waals surface area contributed by atoms with Crippen molar-refractivity contribution in [1.82, 2.24) is 14.8 Å². The number of methoxy groups -OCH3 is 1. The van der Waals surface area contributed by atoms with Gasteiger partial charge in [-0.05, 0) is 35.4 Å². The average Bonchev–Trinajstić information content (AvgIpc) is 3.36. The van der Waals surface area contributed by atoms with E-state index in [0.29, 0.717) is 28.2 Å². The number of ketones is 1. The average molecular weight is 517 g/mol. The van der Waals surface area contributed by atoms with Gasteiger partial charge in [0.15, 0.2) is 5.78 Å². The maximum atomic E-state index is 13.7. The number of alkyl halides is 2. The molecule has 4 aromatic rings. The van der Waals surface area contributed by atoms with Crippen molar-refractivity contribution in [3.8, 4) is 22.9 Å². The van der Waals surface area contributed by atoms with Gasteiger partial charge in [-0.2, -0.15) is 10.4 Å². The number of nitrogens with zero attached hydrogens (tertiary/aromatic N) is 4. The Labute approximate surface area is 217 Å². The molecule has 2 heterocycles. The zero-order valence-electron chi connectivity index (χ0n) is 20.1. The van der Waals surface area contributed by atoms with Gasteiger partial charge < -0.3 is 4.74 Å². The zero-order valence-corrected chi connectivity index (χ0v) is 20.9. The minimum atomic E-state index is -2.78. The van der Waals surface area contributed by atoms with E-state index in [2.05, 4.69) is 16.2 Å². The van der Waals surface area contributed by atoms with Crippen molar-refractivity contribution >= 4 is 23.6 Å². The lowest BCUT2D eigenvalue weighted by Gasteiger charge is -2.13. The Morgan fingerprint density at radius 2 is 2.00 bits per heavy atom. The number of carbonyl (C=O) groups excluding carboxylic acids is 1. The van der Waals surface area contributed by atoms with E-state index in [9.17, 15) is 18.8 Å². The molecule has 0 N–H and O–H groups in total. The summed E-state index contributed by atoms with van der Waals surface area (Å²) in [6.07, 6.45) is 3.50. The molecule has 0 fully saturated rings. The second-order valence-electron chi connectivity index (χ2n) is 8.01. The quantitative estimate of drug-likeness (QED) is 0.144. The third-order valence-electron chi connectivity index (χ3n) is 5.51. The summed E-state index contributed by atoms with van der Waals surface area (Å²) in [6.45, 7) is 0. The van der Waals surface area contributed by atoms with E-state index in [0.717, 1.165) is 11.1 Å². The number of ether oxygens (including phenoxy) is 1. The first kappa shape index (κ1) is 25.8. The molecule has 0 atom stereocenters. The van der Waals surface area contributed by atoms with Gasteiger partial charge in [-0.15, -0.1) is 11.8 Å². The topological polar surface area (TPSA) is 80.8 Å². The van der Waals surface area contributed by atoms with Gasteiger partial charge in [0, 0.05) is 30.1 Å². The molecule has 37 heavy (non-hydrogen) atoms. The molecule has 4 rings (SSSR count). The number of rotatable bonds is 9. The van der Waals surface area contributed by atoms with Gasteiger partial charge in [-0.1, -0.05) is 42.5 Å². The van der Waals surface area contributed by atoms with E-state index in [1.165, 1.54) is 37.2 Å². The fourth-order valence-corrected chi connectivity index (χ4v) is 4.68. The molecule has 0 aliphatic carbocycles. The second-order valence-corrected chi connectivity index (χ2v) is 8.98. The van der Waals surface area contributed by atoms with Crippen molar-refractivity contribution in [2.45, 2.75) is 17.2 Å². The number of pyridine rings is 1. The lowest BCUT2D eigenvalue weighted by Crippen LogP contribution is -1.99. The molecule has 0 amide bonds. The number of carbonyl (C=O) groups is 1. The lowest BCUT2D eigenvalue weighted by atomic mass is 10.0. The van der Waals surface area contributed by atoms with Crippen LogP contribution in [-0.4, -0.2) is 27.7 Å². The molecule has 0 spiro atoms. The van der Waals surface area contributed by atoms with Crippen LogP contribution in [0.4, 0.5) is 8.78 Å². The van der Waals surface area contributed by atoms with E-state index >= 15 is 0 Å². The van der Waals surface area contributed by atoms with Crippen LogP contribution in [0.25, 0.3) is 17.2 Å². The minimum Gasteiger partial charge on any atom is -0.496 e. The van der Waals surface area contributed by atoms with Crippen molar-refractivity contribution in [2.75, 3.05) is 7.11 Å². The van der Waals surface area contributed by atoms with Gasteiger partial charge in [0.25, 0.3) is 6.43 Å². The summed E-state index contributed by atoms with van der Waals surface area (Å²) < 4.78 is 34.4. The van der Waals surface area contributed by atoms with Gasteiger partial charge in [0.05, 0.1) is 24.4 Å². The third kappa shape index (κ3) is 6.11. The van der Waals surface area contributed by atoms with E-state index in [1.54, 1.807) is 54.3 Å². The minimum absolute atomic E-state index is 0.181. The van der Waals surface area contributed by atoms with Crippen LogP contribution in [0, 0.1) is 11.3 Å². The van der Waals surface area contributed by atoms with Crippen LogP contribution in [0.15, 0.2) is 78.1 Å². The van der Waals surface area contributed by atoms with Crippen LogP contribution in [0.5, 0.6) is 5.75 Å². The highest BCUT2D eigenvalue weighted by atomic mass is 32.2. The van der Waals surface area contributed by atoms with Crippen molar-refractivity contribution in [2.24, 2.45) is 7.05 Å². The molecule has 2 aromatic carbocycles. The van der Waals surface area contributed by atoms with Crippen LogP contribution >= 0.6 is 11.8 Å². The van der Waals surface area contributed by atoms with Crippen molar-refractivity contribution < 1.29 is 18.3 Å². The highest BCUT2D eigenvalue weighted by Crippen LogP contribution is 2.36. The molecule has 0 aliphatic rings. The second kappa shape index (κ2) is 11.6. The molecular weight excluding hydrogens is 494 g/mol. The molecule has 2 aromatic heterocycles. The maximum absolute atomic E-state index is 13.7. The molecule has 0 unspecified atom stereocenters. The molecule has 0 radical (unpaired) electrons. The number of nitriles is 1. The Hall–Kier alpha value is -4.29. The van der Waals surface area contributed by atoms with Gasteiger partial charge in [-0.25, -0.2) is 13.8 Å². The number of aryl methyl sites for hydroxylation is 1. The number of hydrogen-bond acceptors (Lipinski definition) is 6. The van der Waals surface area contributed by atoms with Crippen LogP contribution in [0.3, 0.4) is 0 Å². The Balaban J connectivity index is 1.63. The monoisotopic (exact) mass is 516 g/mol. The Morgan fingerprint density at radius 3 is 2.65 bits per heavy atom. The van der Waals surface area contributed by atoms with E-state index in [-0.39, 0.29) is 16.4 Å². The molecule has 6 nitrogen and oxygen atoms in total. The summed E-state index contributed by atoms with van der Waals surface area (Å²) in [6, 6.07) is 17.8. The van der Waals surface area contributed by atoms with Crippen LogP contribution in [-0.2, 0) is 12.8 Å². The normalized spacial score (nSPS) is 11.1. The molecule has 0 aliphatic heterocycles. The fourth-order valence-electron chi connectivity index (χ4n) is 3.69. The summed E-state index contributed by atoms with van der Waals surface area (Å²) in [7, 11) is 3.27. The van der Waals surface area contributed by atoms with Crippen molar-refractivity contribution in [3.05, 3.63) is 101 Å². The van der Waals surface area contributed by atoms with Gasteiger partial charge >= 0.3 is 0 Å². The van der Waals surface area contributed by atoms with E-state index in [1.807, 2.05) is 18.2 Å². The molecule has 9 heteroatoms. The van der Waals surface area contributed by atoms with Crippen LogP contribution in [0.1, 0.15) is 39.2 Å². The maximum Gasteiger partial charge on any atom is 0.280 e. The summed E-state index contributed by atoms with van der Waals surface area (Å²) >= 11 is 1.18. The highest BCUT2D eigenvalue weighted by molar-refractivity contribution is 7.98. The summed E-state index contributed by atoms with van der Waals surface area (Å²) in [5, 5.41) is 14.1. The van der Waals surface area contributed by atoms with Crippen LogP contribution in [0.2, 0.25) is 0 Å². The predicted octanol–water partition coefficient (Wildman–Crippen LogP) is 6.49. The summed E-state index contributed by atoms with van der Waals surface area (Å²) in [4.78, 5) is 16.5. The van der Waals surface area contributed by atoms with Crippen LogP contribution < -0.4 is 4.74 Å². The zero-order chi connectivity index (χ0) is 26.4. The Morgan fingerprint density at radius 1 is 1.22 bits per heavy atom. The molecule has 186 valence electrons. The number of halogens is 2. The number of thioether (sulfide) groups is 1.